The number of ether oxygens (including phenoxy) is 1. The van der Waals surface area contributed by atoms with Crippen LogP contribution in [-0.4, -0.2) is 41.8 Å². The lowest BCUT2D eigenvalue weighted by Crippen LogP contribution is -2.37. The Morgan fingerprint density at radius 2 is 1.60 bits per heavy atom. The summed E-state index contributed by atoms with van der Waals surface area (Å²) in [5, 5.41) is 5.40. The highest BCUT2D eigenvalue weighted by Gasteiger charge is 2.38. The highest BCUT2D eigenvalue weighted by Crippen LogP contribution is 2.40. The van der Waals surface area contributed by atoms with E-state index in [1.165, 1.54) is 51.2 Å². The molecule has 2 N–H and O–H groups in total. The van der Waals surface area contributed by atoms with Crippen LogP contribution in [-0.2, 0) is 14.3 Å². The summed E-state index contributed by atoms with van der Waals surface area (Å²) in [5.41, 5.74) is -0.731. The van der Waals surface area contributed by atoms with Crippen LogP contribution in [0.25, 0.3) is 0 Å². The van der Waals surface area contributed by atoms with Crippen LogP contribution in [0.4, 0.5) is 25.8 Å². The Bertz CT molecular complexity index is 1550. The fourth-order valence-corrected chi connectivity index (χ4v) is 5.16. The van der Waals surface area contributed by atoms with Gasteiger partial charge in [0.1, 0.15) is 21.9 Å². The van der Waals surface area contributed by atoms with Gasteiger partial charge in [-0.3, -0.25) is 14.4 Å². The van der Waals surface area contributed by atoms with Crippen LogP contribution in [0, 0.1) is 11.6 Å². The molecule has 3 amide bonds. The van der Waals surface area contributed by atoms with Gasteiger partial charge in [0.15, 0.2) is 5.82 Å². The number of alkyl halides is 2. The molecule has 14 heteroatoms. The third-order valence-electron chi connectivity index (χ3n) is 6.27. The van der Waals surface area contributed by atoms with Crippen LogP contribution < -0.4 is 15.5 Å². The first-order valence-electron chi connectivity index (χ1n) is 12.7. The van der Waals surface area contributed by atoms with Gasteiger partial charge in [-0.05, 0) is 68.8 Å². The van der Waals surface area contributed by atoms with Gasteiger partial charge < -0.3 is 20.3 Å². The topological polar surface area (TPSA) is 87.7 Å². The van der Waals surface area contributed by atoms with E-state index in [-0.39, 0.29) is 32.9 Å². The number of anilines is 3. The SMILES string of the molecule is CCOC(C)C(=O)N(C)c1c(F)ccc(NC(=O)c2cc(NC(=O)[C@H](c3ccc(Cl)c(Cl)c3)C(C)(Cl)Cl)ccc2Cl)c1F. The maximum Gasteiger partial charge on any atom is 0.257 e. The van der Waals surface area contributed by atoms with Crippen LogP contribution in [0.3, 0.4) is 0 Å². The van der Waals surface area contributed by atoms with Crippen molar-refractivity contribution in [1.82, 2.24) is 0 Å². The van der Waals surface area contributed by atoms with Crippen molar-refractivity contribution in [1.29, 1.82) is 0 Å². The largest absolute Gasteiger partial charge is 0.369 e. The summed E-state index contributed by atoms with van der Waals surface area (Å²) in [4.78, 5) is 39.9. The third-order valence-corrected chi connectivity index (χ3v) is 7.78. The molecule has 7 nitrogen and oxygen atoms in total. The molecule has 2 atom stereocenters. The minimum atomic E-state index is -1.58. The summed E-state index contributed by atoms with van der Waals surface area (Å²) in [6.07, 6.45) is -0.962. The first-order chi connectivity index (χ1) is 20.1. The molecule has 0 aliphatic carbocycles. The summed E-state index contributed by atoms with van der Waals surface area (Å²) >= 11 is 31.1. The van der Waals surface area contributed by atoms with Crippen molar-refractivity contribution < 1.29 is 27.9 Å². The lowest BCUT2D eigenvalue weighted by Gasteiger charge is -2.26. The van der Waals surface area contributed by atoms with Gasteiger partial charge in [0.05, 0.1) is 32.2 Å². The zero-order valence-electron chi connectivity index (χ0n) is 23.2. The number of hydrogen-bond donors (Lipinski definition) is 2. The minimum Gasteiger partial charge on any atom is -0.369 e. The molecule has 0 bridgehead atoms. The summed E-state index contributed by atoms with van der Waals surface area (Å²) in [7, 11) is 1.19. The molecule has 0 radical (unpaired) electrons. The third kappa shape index (κ3) is 8.29. The average molecular weight is 696 g/mol. The van der Waals surface area contributed by atoms with E-state index in [1.807, 2.05) is 0 Å². The van der Waals surface area contributed by atoms with E-state index in [2.05, 4.69) is 10.6 Å². The highest BCUT2D eigenvalue weighted by atomic mass is 35.5. The molecule has 3 aromatic rings. The van der Waals surface area contributed by atoms with Crippen molar-refractivity contribution in [2.45, 2.75) is 37.1 Å². The molecule has 0 saturated heterocycles. The second kappa shape index (κ2) is 14.4. The van der Waals surface area contributed by atoms with Gasteiger partial charge in [0, 0.05) is 19.3 Å². The Hall–Kier alpha value is -2.66. The van der Waals surface area contributed by atoms with E-state index in [1.54, 1.807) is 13.0 Å². The van der Waals surface area contributed by atoms with Crippen LogP contribution in [0.1, 0.15) is 42.6 Å². The van der Waals surface area contributed by atoms with Gasteiger partial charge in [-0.15, -0.1) is 23.2 Å². The molecule has 1 unspecified atom stereocenters. The van der Waals surface area contributed by atoms with Crippen molar-refractivity contribution in [3.8, 4) is 0 Å². The van der Waals surface area contributed by atoms with E-state index in [9.17, 15) is 18.8 Å². The molecule has 230 valence electrons. The highest BCUT2D eigenvalue weighted by molar-refractivity contribution is 6.50. The van der Waals surface area contributed by atoms with Gasteiger partial charge in [-0.1, -0.05) is 40.9 Å². The normalized spacial score (nSPS) is 12.8. The first-order valence-corrected chi connectivity index (χ1v) is 14.6. The van der Waals surface area contributed by atoms with E-state index in [0.29, 0.717) is 5.56 Å². The number of carbonyl (C=O) groups excluding carboxylic acids is 3. The predicted octanol–water partition coefficient (Wildman–Crippen LogP) is 8.48. The Labute approximate surface area is 272 Å². The smallest absolute Gasteiger partial charge is 0.257 e. The number of carbonyl (C=O) groups is 3. The first kappa shape index (κ1) is 34.8. The van der Waals surface area contributed by atoms with Crippen molar-refractivity contribution in [3.05, 3.63) is 86.4 Å². The number of nitrogens with one attached hydrogen (secondary N) is 2. The maximum atomic E-state index is 15.4. The summed E-state index contributed by atoms with van der Waals surface area (Å²) in [6, 6.07) is 10.4. The van der Waals surface area contributed by atoms with Gasteiger partial charge in [0.25, 0.3) is 11.8 Å². The number of amides is 3. The van der Waals surface area contributed by atoms with E-state index < -0.39 is 57.1 Å². The minimum absolute atomic E-state index is 0.0309. The van der Waals surface area contributed by atoms with Gasteiger partial charge >= 0.3 is 0 Å². The molecular weight excluding hydrogens is 670 g/mol. The molecule has 3 rings (SSSR count). The van der Waals surface area contributed by atoms with Gasteiger partial charge in [-0.25, -0.2) is 8.78 Å². The molecule has 0 spiro atoms. The van der Waals surface area contributed by atoms with E-state index in [0.717, 1.165) is 17.0 Å². The van der Waals surface area contributed by atoms with Gasteiger partial charge in [-0.2, -0.15) is 0 Å². The zero-order chi connectivity index (χ0) is 32.2. The Morgan fingerprint density at radius 1 is 0.953 bits per heavy atom. The van der Waals surface area contributed by atoms with Crippen molar-refractivity contribution in [3.63, 3.8) is 0 Å². The number of nitrogens with zero attached hydrogens (tertiary/aromatic N) is 1. The molecule has 3 aromatic carbocycles. The van der Waals surface area contributed by atoms with Crippen molar-refractivity contribution in [2.75, 3.05) is 29.2 Å². The summed E-state index contributed by atoms with van der Waals surface area (Å²) < 4.78 is 33.7. The number of hydrogen-bond acceptors (Lipinski definition) is 4. The van der Waals surface area contributed by atoms with Crippen molar-refractivity contribution in [2.24, 2.45) is 0 Å². The Kier molecular flexibility index (Phi) is 11.7. The molecule has 43 heavy (non-hydrogen) atoms. The zero-order valence-corrected chi connectivity index (χ0v) is 27.0. The van der Waals surface area contributed by atoms with Crippen LogP contribution >= 0.6 is 58.0 Å². The Morgan fingerprint density at radius 3 is 2.21 bits per heavy atom. The molecule has 0 heterocycles. The summed E-state index contributed by atoms with van der Waals surface area (Å²) in [6.45, 7) is 4.77. The second-order valence-corrected chi connectivity index (χ2v) is 12.4. The fourth-order valence-electron chi connectivity index (χ4n) is 4.20. The van der Waals surface area contributed by atoms with E-state index in [4.69, 9.17) is 62.7 Å². The second-order valence-electron chi connectivity index (χ2n) is 9.45. The summed E-state index contributed by atoms with van der Waals surface area (Å²) in [5.74, 6) is -5.55. The predicted molar refractivity (Wildman–Crippen MR) is 168 cm³/mol. The van der Waals surface area contributed by atoms with E-state index >= 15 is 4.39 Å². The Balaban J connectivity index is 1.88. The van der Waals surface area contributed by atoms with Crippen LogP contribution in [0.5, 0.6) is 0 Å². The number of rotatable bonds is 10. The fraction of sp³-hybridized carbons (Fsp3) is 0.276. The molecule has 0 aliphatic heterocycles. The number of benzene rings is 3. The van der Waals surface area contributed by atoms with Gasteiger partial charge in [0.2, 0.25) is 5.91 Å². The molecule has 0 aliphatic rings. The lowest BCUT2D eigenvalue weighted by molar-refractivity contribution is -0.128. The molecule has 0 fully saturated rings. The lowest BCUT2D eigenvalue weighted by atomic mass is 9.94. The quantitative estimate of drug-likeness (QED) is 0.208. The van der Waals surface area contributed by atoms with Crippen LogP contribution in [0.2, 0.25) is 15.1 Å². The van der Waals surface area contributed by atoms with Crippen LogP contribution in [0.15, 0.2) is 48.5 Å². The number of likely N-dealkylation sites (N-methyl/N-ethyl adjacent to an activating group) is 1. The monoisotopic (exact) mass is 693 g/mol. The number of halogens is 7. The molecular formula is C29H26Cl5F2N3O4. The maximum absolute atomic E-state index is 15.4. The van der Waals surface area contributed by atoms with Crippen molar-refractivity contribution >= 4 is 92.8 Å². The molecule has 0 saturated carbocycles. The molecule has 0 aromatic heterocycles. The standard InChI is InChI=1S/C29H26Cl5F2N3O4/c1-5-43-14(2)28(42)39(4)25-21(35)10-11-22(24(25)36)38-26(40)17-13-16(7-9-18(17)30)37-27(41)23(29(3,33)34)15-6-8-19(31)20(32)12-15/h6-14,23H,5H2,1-4H3,(H,37,41)(H,38,40)/t14?,23-/m0/s1. The average Bonchev–Trinajstić information content (AvgIpc) is 2.92.